The average molecular weight is 861 g/mol. The lowest BCUT2D eigenvalue weighted by molar-refractivity contribution is -0.162. The topological polar surface area (TPSA) is 61.8 Å². The van der Waals surface area contributed by atoms with Crippen molar-refractivity contribution < 1.29 is 23.8 Å². The molecule has 0 amide bonds. The monoisotopic (exact) mass is 861 g/mol. The van der Waals surface area contributed by atoms with Crippen molar-refractivity contribution in [1.82, 2.24) is 0 Å². The summed E-state index contributed by atoms with van der Waals surface area (Å²) in [5.74, 6) is -0.508. The summed E-state index contributed by atoms with van der Waals surface area (Å²) < 4.78 is 17.3. The average Bonchev–Trinajstić information content (AvgIpc) is 3.27. The number of carbonyl (C=O) groups is 2. The molecule has 0 saturated carbocycles. The fourth-order valence-corrected chi connectivity index (χ4v) is 6.87. The molecule has 0 aromatic carbocycles. The maximum atomic E-state index is 12.7. The van der Waals surface area contributed by atoms with Crippen molar-refractivity contribution in [3.05, 3.63) is 97.2 Å². The minimum absolute atomic E-state index is 0.0410. The number of ether oxygens (including phenoxy) is 3. The molecule has 354 valence electrons. The zero-order valence-electron chi connectivity index (χ0n) is 40.6. The summed E-state index contributed by atoms with van der Waals surface area (Å²) in [5.41, 5.74) is 0. The van der Waals surface area contributed by atoms with Gasteiger partial charge in [0.25, 0.3) is 0 Å². The number of carbonyl (C=O) groups excluding carboxylic acids is 2. The normalized spacial score (nSPS) is 13.0. The molecule has 0 heterocycles. The summed E-state index contributed by atoms with van der Waals surface area (Å²) in [7, 11) is 0. The molecular weight excluding hydrogens is 765 g/mol. The van der Waals surface area contributed by atoms with E-state index in [-0.39, 0.29) is 31.6 Å². The first-order chi connectivity index (χ1) is 30.6. The van der Waals surface area contributed by atoms with Crippen LogP contribution in [0.3, 0.4) is 0 Å². The summed E-state index contributed by atoms with van der Waals surface area (Å²) in [6, 6.07) is 0. The zero-order chi connectivity index (χ0) is 44.9. The van der Waals surface area contributed by atoms with E-state index in [9.17, 15) is 9.59 Å². The summed E-state index contributed by atoms with van der Waals surface area (Å²) in [5, 5.41) is 0. The summed E-state index contributed by atoms with van der Waals surface area (Å²) in [6.45, 7) is 7.46. The van der Waals surface area contributed by atoms with Gasteiger partial charge in [-0.15, -0.1) is 0 Å². The maximum Gasteiger partial charge on any atom is 0.306 e. The van der Waals surface area contributed by atoms with E-state index >= 15 is 0 Å². The molecule has 0 N–H and O–H groups in total. The highest BCUT2D eigenvalue weighted by Crippen LogP contribution is 2.15. The molecule has 0 aromatic rings. The van der Waals surface area contributed by atoms with Crippen LogP contribution in [-0.4, -0.2) is 37.9 Å². The van der Waals surface area contributed by atoms with Crippen LogP contribution in [0.15, 0.2) is 97.2 Å². The summed E-state index contributed by atoms with van der Waals surface area (Å²) >= 11 is 0. The molecule has 5 heteroatoms. The van der Waals surface area contributed by atoms with Gasteiger partial charge in [0.05, 0.1) is 6.61 Å². The van der Waals surface area contributed by atoms with Gasteiger partial charge in [0.1, 0.15) is 6.61 Å². The number of unbranched alkanes of at least 4 members (excludes halogenated alkanes) is 19. The van der Waals surface area contributed by atoms with E-state index in [1.54, 1.807) is 0 Å². The second-order valence-electron chi connectivity index (χ2n) is 16.7. The molecule has 0 saturated heterocycles. The van der Waals surface area contributed by atoms with Crippen LogP contribution in [0.5, 0.6) is 0 Å². The van der Waals surface area contributed by atoms with Gasteiger partial charge in [-0.05, 0) is 83.5 Å². The van der Waals surface area contributed by atoms with Gasteiger partial charge in [-0.2, -0.15) is 0 Å². The summed E-state index contributed by atoms with van der Waals surface area (Å²) in [6.07, 6.45) is 70.1. The van der Waals surface area contributed by atoms with E-state index < -0.39 is 6.10 Å². The molecule has 0 radical (unpaired) electrons. The second-order valence-corrected chi connectivity index (χ2v) is 16.7. The molecule has 5 nitrogen and oxygen atoms in total. The lowest BCUT2D eigenvalue weighted by Crippen LogP contribution is -2.30. The highest BCUT2D eigenvalue weighted by atomic mass is 16.6. The highest BCUT2D eigenvalue weighted by molar-refractivity contribution is 5.70. The van der Waals surface area contributed by atoms with Crippen LogP contribution in [0.2, 0.25) is 0 Å². The van der Waals surface area contributed by atoms with Gasteiger partial charge in [0.15, 0.2) is 6.10 Å². The van der Waals surface area contributed by atoms with Gasteiger partial charge in [0.2, 0.25) is 0 Å². The Morgan fingerprint density at radius 2 is 0.758 bits per heavy atom. The van der Waals surface area contributed by atoms with Crippen molar-refractivity contribution in [1.29, 1.82) is 0 Å². The molecule has 0 bridgehead atoms. The van der Waals surface area contributed by atoms with Crippen LogP contribution in [0.4, 0.5) is 0 Å². The minimum Gasteiger partial charge on any atom is -0.462 e. The Hall–Kier alpha value is -3.18. The second kappa shape index (κ2) is 52.2. The third-order valence-corrected chi connectivity index (χ3v) is 10.6. The quantitative estimate of drug-likeness (QED) is 0.0347. The molecule has 0 aliphatic heterocycles. The molecule has 1 unspecified atom stereocenters. The number of hydrogen-bond acceptors (Lipinski definition) is 5. The highest BCUT2D eigenvalue weighted by Gasteiger charge is 2.17. The Morgan fingerprint density at radius 3 is 1.21 bits per heavy atom. The fourth-order valence-electron chi connectivity index (χ4n) is 6.87. The van der Waals surface area contributed by atoms with Crippen molar-refractivity contribution in [3.63, 3.8) is 0 Å². The van der Waals surface area contributed by atoms with Crippen LogP contribution in [0.1, 0.15) is 226 Å². The van der Waals surface area contributed by atoms with Gasteiger partial charge < -0.3 is 14.2 Å². The molecule has 62 heavy (non-hydrogen) atoms. The molecule has 0 fully saturated rings. The first-order valence-electron chi connectivity index (χ1n) is 25.8. The molecule has 0 spiro atoms. The number of allylic oxidation sites excluding steroid dienone is 16. The van der Waals surface area contributed by atoms with Gasteiger partial charge >= 0.3 is 11.9 Å². The van der Waals surface area contributed by atoms with Crippen LogP contribution >= 0.6 is 0 Å². The predicted octanol–water partition coefficient (Wildman–Crippen LogP) is 17.5. The number of hydrogen-bond donors (Lipinski definition) is 0. The molecule has 0 aliphatic rings. The Morgan fingerprint density at radius 1 is 0.371 bits per heavy atom. The molecule has 1 atom stereocenters. The van der Waals surface area contributed by atoms with Gasteiger partial charge in [-0.3, -0.25) is 9.59 Å². The standard InChI is InChI=1S/C57H96O5/c1-4-7-10-13-16-19-22-25-27-29-30-33-35-38-41-44-47-50-56(58)61-54-55(62-57(59)51-48-45-42-39-36-32-24-21-18-15-12-9-6-3)53-60-52-49-46-43-40-37-34-31-28-26-23-20-17-14-11-8-5-2/h8-9,11-12,17-18,20-21,26,28,32,34,36-37,42,45,55H,4-7,10,13-16,19,22-25,27,29-31,33,35,38-41,43-44,46-54H2,1-3H3/b11-8-,12-9-,20-17-,21-18-,28-26-,36-32-,37-34-,45-42-. The SMILES string of the molecule is CC/C=C\C/C=C\C/C=C\C/C=C\CCCCCOCC(COC(=O)CCCCCCCCCCCCCCCCCCC)OC(=O)CC/C=C\C/C=C\C/C=C\C/C=C\CC. The van der Waals surface area contributed by atoms with E-state index in [0.717, 1.165) is 89.9 Å². The zero-order valence-corrected chi connectivity index (χ0v) is 40.6. The van der Waals surface area contributed by atoms with E-state index in [1.807, 2.05) is 6.08 Å². The van der Waals surface area contributed by atoms with Crippen LogP contribution in [0.25, 0.3) is 0 Å². The minimum atomic E-state index is -0.594. The smallest absolute Gasteiger partial charge is 0.306 e. The third-order valence-electron chi connectivity index (χ3n) is 10.6. The Balaban J connectivity index is 4.38. The largest absolute Gasteiger partial charge is 0.462 e. The van der Waals surface area contributed by atoms with Crippen molar-refractivity contribution in [2.45, 2.75) is 232 Å². The number of esters is 2. The maximum absolute atomic E-state index is 12.7. The van der Waals surface area contributed by atoms with Crippen LogP contribution in [-0.2, 0) is 23.8 Å². The Labute approximate surface area is 383 Å². The van der Waals surface area contributed by atoms with Crippen LogP contribution in [0, 0.1) is 0 Å². The molecule has 0 rings (SSSR count). The van der Waals surface area contributed by atoms with Crippen molar-refractivity contribution >= 4 is 11.9 Å². The molecular formula is C57H96O5. The van der Waals surface area contributed by atoms with Gasteiger partial charge in [-0.1, -0.05) is 227 Å². The molecule has 0 aromatic heterocycles. The Kier molecular flexibility index (Phi) is 49.5. The molecule has 0 aliphatic carbocycles. The lowest BCUT2D eigenvalue weighted by Gasteiger charge is -2.18. The predicted molar refractivity (Wildman–Crippen MR) is 270 cm³/mol. The lowest BCUT2D eigenvalue weighted by atomic mass is 10.0. The summed E-state index contributed by atoms with van der Waals surface area (Å²) in [4.78, 5) is 25.3. The van der Waals surface area contributed by atoms with Crippen LogP contribution < -0.4 is 0 Å². The van der Waals surface area contributed by atoms with Gasteiger partial charge in [-0.25, -0.2) is 0 Å². The Bertz CT molecular complexity index is 1200. The van der Waals surface area contributed by atoms with E-state index in [1.165, 1.54) is 96.3 Å². The first kappa shape index (κ1) is 58.8. The van der Waals surface area contributed by atoms with E-state index in [2.05, 4.69) is 112 Å². The van der Waals surface area contributed by atoms with Crippen molar-refractivity contribution in [2.24, 2.45) is 0 Å². The van der Waals surface area contributed by atoms with Crippen molar-refractivity contribution in [3.8, 4) is 0 Å². The van der Waals surface area contributed by atoms with Crippen molar-refractivity contribution in [2.75, 3.05) is 19.8 Å². The third kappa shape index (κ3) is 49.5. The van der Waals surface area contributed by atoms with E-state index in [0.29, 0.717) is 19.4 Å². The fraction of sp³-hybridized carbons (Fsp3) is 0.684. The first-order valence-corrected chi connectivity index (χ1v) is 25.8. The number of rotatable bonds is 46. The van der Waals surface area contributed by atoms with Gasteiger partial charge in [0, 0.05) is 19.4 Å². The van der Waals surface area contributed by atoms with E-state index in [4.69, 9.17) is 14.2 Å².